The number of nitriles is 1. The van der Waals surface area contributed by atoms with Gasteiger partial charge in [0.1, 0.15) is 17.6 Å². The van der Waals surface area contributed by atoms with Crippen molar-refractivity contribution in [2.45, 2.75) is 12.5 Å². The molecule has 1 fully saturated rings. The van der Waals surface area contributed by atoms with E-state index in [1.54, 1.807) is 7.05 Å². The quantitative estimate of drug-likeness (QED) is 0.788. The van der Waals surface area contributed by atoms with Gasteiger partial charge in [0.15, 0.2) is 0 Å². The SMILES string of the molecule is CN1C(=O)C(Cc2ccccc2)N(C)C(=O)/C1=C/c1c(F)cccc1C#N. The second-order valence-electron chi connectivity index (χ2n) is 6.36. The standard InChI is InChI=1S/C21H18FN3O2/c1-24-18(11-14-7-4-3-5-8-14)20(26)25(2)19(21(24)27)12-16-15(13-23)9-6-10-17(16)22/h3-10,12,18H,11H2,1-2H3/b19-12-. The number of amides is 2. The van der Waals surface area contributed by atoms with Crippen LogP contribution in [0.5, 0.6) is 0 Å². The van der Waals surface area contributed by atoms with Crippen molar-refractivity contribution in [2.75, 3.05) is 14.1 Å². The first-order valence-corrected chi connectivity index (χ1v) is 8.43. The molecule has 0 saturated carbocycles. The Balaban J connectivity index is 1.97. The molecule has 0 spiro atoms. The third-order valence-corrected chi connectivity index (χ3v) is 4.71. The van der Waals surface area contributed by atoms with Crippen LogP contribution in [-0.2, 0) is 16.0 Å². The molecular formula is C21H18FN3O2. The van der Waals surface area contributed by atoms with E-state index in [0.717, 1.165) is 5.56 Å². The summed E-state index contributed by atoms with van der Waals surface area (Å²) in [6.07, 6.45) is 1.66. The van der Waals surface area contributed by atoms with E-state index in [9.17, 15) is 19.2 Å². The van der Waals surface area contributed by atoms with Crippen molar-refractivity contribution in [1.82, 2.24) is 9.80 Å². The van der Waals surface area contributed by atoms with Gasteiger partial charge in [-0.3, -0.25) is 9.59 Å². The number of nitrogens with zero attached hydrogens (tertiary/aromatic N) is 3. The molecule has 136 valence electrons. The van der Waals surface area contributed by atoms with Crippen molar-refractivity contribution in [3.8, 4) is 6.07 Å². The van der Waals surface area contributed by atoms with Crippen LogP contribution >= 0.6 is 0 Å². The highest BCUT2D eigenvalue weighted by atomic mass is 19.1. The molecule has 6 heteroatoms. The van der Waals surface area contributed by atoms with Crippen molar-refractivity contribution in [3.05, 3.63) is 76.7 Å². The van der Waals surface area contributed by atoms with Gasteiger partial charge < -0.3 is 9.80 Å². The van der Waals surface area contributed by atoms with Crippen LogP contribution in [0, 0.1) is 17.1 Å². The smallest absolute Gasteiger partial charge is 0.271 e. The van der Waals surface area contributed by atoms with E-state index in [0.29, 0.717) is 6.42 Å². The summed E-state index contributed by atoms with van der Waals surface area (Å²) >= 11 is 0. The summed E-state index contributed by atoms with van der Waals surface area (Å²) in [4.78, 5) is 28.3. The van der Waals surface area contributed by atoms with Crippen LogP contribution in [0.3, 0.4) is 0 Å². The molecule has 27 heavy (non-hydrogen) atoms. The molecule has 1 aliphatic rings. The van der Waals surface area contributed by atoms with E-state index in [1.165, 1.54) is 41.1 Å². The summed E-state index contributed by atoms with van der Waals surface area (Å²) in [5, 5.41) is 9.19. The highest BCUT2D eigenvalue weighted by Crippen LogP contribution is 2.25. The zero-order valence-corrected chi connectivity index (χ0v) is 15.0. The molecule has 1 saturated heterocycles. The van der Waals surface area contributed by atoms with E-state index in [1.807, 2.05) is 36.4 Å². The summed E-state index contributed by atoms with van der Waals surface area (Å²) in [5.41, 5.74) is 1.08. The number of hydrogen-bond donors (Lipinski definition) is 0. The normalized spacial score (nSPS) is 18.7. The Hall–Kier alpha value is -3.46. The molecule has 1 unspecified atom stereocenters. The Bertz CT molecular complexity index is 963. The molecule has 1 aliphatic heterocycles. The van der Waals surface area contributed by atoms with E-state index in [4.69, 9.17) is 0 Å². The van der Waals surface area contributed by atoms with Gasteiger partial charge in [0.2, 0.25) is 5.91 Å². The number of halogens is 1. The van der Waals surface area contributed by atoms with Gasteiger partial charge in [-0.15, -0.1) is 0 Å². The second kappa shape index (κ2) is 7.42. The van der Waals surface area contributed by atoms with Gasteiger partial charge >= 0.3 is 0 Å². The minimum Gasteiger partial charge on any atom is -0.328 e. The molecule has 2 amide bonds. The van der Waals surface area contributed by atoms with E-state index in [-0.39, 0.29) is 22.7 Å². The first-order valence-electron chi connectivity index (χ1n) is 8.43. The highest BCUT2D eigenvalue weighted by molar-refractivity contribution is 6.07. The number of carbonyl (C=O) groups is 2. The minimum atomic E-state index is -0.641. The number of carbonyl (C=O) groups excluding carboxylic acids is 2. The van der Waals surface area contributed by atoms with Crippen LogP contribution in [0.25, 0.3) is 6.08 Å². The average molecular weight is 363 g/mol. The van der Waals surface area contributed by atoms with Crippen molar-refractivity contribution < 1.29 is 14.0 Å². The topological polar surface area (TPSA) is 64.4 Å². The Kier molecular flexibility index (Phi) is 5.04. The third kappa shape index (κ3) is 3.44. The molecule has 0 bridgehead atoms. The molecule has 2 aromatic rings. The molecule has 0 aliphatic carbocycles. The number of piperazine rings is 1. The lowest BCUT2D eigenvalue weighted by atomic mass is 9.99. The maximum absolute atomic E-state index is 14.2. The van der Waals surface area contributed by atoms with Crippen LogP contribution in [0.4, 0.5) is 4.39 Å². The zero-order chi connectivity index (χ0) is 19.6. The molecule has 2 aromatic carbocycles. The third-order valence-electron chi connectivity index (χ3n) is 4.71. The van der Waals surface area contributed by atoms with Crippen LogP contribution in [-0.4, -0.2) is 41.8 Å². The first-order chi connectivity index (χ1) is 12.9. The van der Waals surface area contributed by atoms with Gasteiger partial charge in [0.05, 0.1) is 11.6 Å². The van der Waals surface area contributed by atoms with Crippen LogP contribution in [0.1, 0.15) is 16.7 Å². The second-order valence-corrected chi connectivity index (χ2v) is 6.36. The highest BCUT2D eigenvalue weighted by Gasteiger charge is 2.39. The summed E-state index contributed by atoms with van der Waals surface area (Å²) in [7, 11) is 3.05. The van der Waals surface area contributed by atoms with Gasteiger partial charge in [0.25, 0.3) is 5.91 Å². The Morgan fingerprint density at radius 3 is 2.48 bits per heavy atom. The van der Waals surface area contributed by atoms with Crippen molar-refractivity contribution in [3.63, 3.8) is 0 Å². The monoisotopic (exact) mass is 363 g/mol. The first kappa shape index (κ1) is 18.3. The molecule has 5 nitrogen and oxygen atoms in total. The predicted octanol–water partition coefficient (Wildman–Crippen LogP) is 2.58. The number of rotatable bonds is 3. The molecule has 0 N–H and O–H groups in total. The van der Waals surface area contributed by atoms with Gasteiger partial charge in [-0.2, -0.15) is 5.26 Å². The van der Waals surface area contributed by atoms with E-state index < -0.39 is 17.8 Å². The largest absolute Gasteiger partial charge is 0.328 e. The van der Waals surface area contributed by atoms with Gasteiger partial charge in [-0.05, 0) is 23.8 Å². The van der Waals surface area contributed by atoms with E-state index >= 15 is 0 Å². The van der Waals surface area contributed by atoms with Crippen LogP contribution < -0.4 is 0 Å². The lowest BCUT2D eigenvalue weighted by Gasteiger charge is -2.38. The lowest BCUT2D eigenvalue weighted by molar-refractivity contribution is -0.148. The Labute approximate surface area is 156 Å². The molecule has 0 radical (unpaired) electrons. The summed E-state index contributed by atoms with van der Waals surface area (Å²) in [6, 6.07) is 14.8. The van der Waals surface area contributed by atoms with E-state index in [2.05, 4.69) is 0 Å². The van der Waals surface area contributed by atoms with Crippen LogP contribution in [0.15, 0.2) is 54.2 Å². The summed E-state index contributed by atoms with van der Waals surface area (Å²) in [5.74, 6) is -1.28. The molecule has 0 aromatic heterocycles. The number of hydrogen-bond acceptors (Lipinski definition) is 3. The van der Waals surface area contributed by atoms with Crippen molar-refractivity contribution in [2.24, 2.45) is 0 Å². The number of likely N-dealkylation sites (N-methyl/N-ethyl adjacent to an activating group) is 2. The summed E-state index contributed by atoms with van der Waals surface area (Å²) in [6.45, 7) is 0. The predicted molar refractivity (Wildman–Crippen MR) is 98.6 cm³/mol. The fraction of sp³-hybridized carbons (Fsp3) is 0.190. The summed E-state index contributed by atoms with van der Waals surface area (Å²) < 4.78 is 14.2. The fourth-order valence-corrected chi connectivity index (χ4v) is 3.11. The minimum absolute atomic E-state index is 0.00194. The number of benzene rings is 2. The zero-order valence-electron chi connectivity index (χ0n) is 15.0. The maximum atomic E-state index is 14.2. The molecule has 1 heterocycles. The van der Waals surface area contributed by atoms with Crippen molar-refractivity contribution >= 4 is 17.9 Å². The fourth-order valence-electron chi connectivity index (χ4n) is 3.11. The Morgan fingerprint density at radius 1 is 1.11 bits per heavy atom. The molecular weight excluding hydrogens is 345 g/mol. The lowest BCUT2D eigenvalue weighted by Crippen LogP contribution is -2.56. The van der Waals surface area contributed by atoms with Gasteiger partial charge in [-0.25, -0.2) is 4.39 Å². The van der Waals surface area contributed by atoms with Gasteiger partial charge in [-0.1, -0.05) is 36.4 Å². The maximum Gasteiger partial charge on any atom is 0.271 e. The van der Waals surface area contributed by atoms with Crippen LogP contribution in [0.2, 0.25) is 0 Å². The van der Waals surface area contributed by atoms with Gasteiger partial charge in [0, 0.05) is 26.1 Å². The average Bonchev–Trinajstić information content (AvgIpc) is 2.68. The molecule has 1 atom stereocenters. The van der Waals surface area contributed by atoms with Crippen molar-refractivity contribution in [1.29, 1.82) is 5.26 Å². The Morgan fingerprint density at radius 2 is 1.81 bits per heavy atom. The molecule has 3 rings (SSSR count).